The lowest BCUT2D eigenvalue weighted by atomic mass is 10.1. The second-order valence-electron chi connectivity index (χ2n) is 5.51. The summed E-state index contributed by atoms with van der Waals surface area (Å²) in [6, 6.07) is 6.40. The number of nitrogens with one attached hydrogen (secondary N) is 1. The number of aryl methyl sites for hydroxylation is 1. The van der Waals surface area contributed by atoms with E-state index >= 15 is 0 Å². The Labute approximate surface area is 168 Å². The average molecular weight is 417 g/mol. The number of carboxylic acids is 1. The van der Waals surface area contributed by atoms with Gasteiger partial charge in [-0.3, -0.25) is 4.79 Å². The molecule has 0 saturated carbocycles. The monoisotopic (exact) mass is 417 g/mol. The third kappa shape index (κ3) is 4.29. The van der Waals surface area contributed by atoms with Crippen LogP contribution in [0, 0.1) is 6.92 Å². The number of carbonyl (C=O) groups is 3. The number of esters is 1. The number of benzene rings is 1. The van der Waals surface area contributed by atoms with Gasteiger partial charge in [-0.05, 0) is 43.3 Å². The highest BCUT2D eigenvalue weighted by molar-refractivity contribution is 8.18. The highest BCUT2D eigenvalue weighted by Crippen LogP contribution is 2.31. The van der Waals surface area contributed by atoms with E-state index in [1.807, 2.05) is 0 Å². The first-order chi connectivity index (χ1) is 13.4. The molecular weight excluding hydrogens is 402 g/mol. The van der Waals surface area contributed by atoms with Gasteiger partial charge in [0.1, 0.15) is 4.88 Å². The first kappa shape index (κ1) is 19.8. The summed E-state index contributed by atoms with van der Waals surface area (Å²) in [6.45, 7) is 3.66. The Morgan fingerprint density at radius 2 is 2.11 bits per heavy atom. The number of hydrogen-bond donors (Lipinski definition) is 2. The predicted molar refractivity (Wildman–Crippen MR) is 107 cm³/mol. The van der Waals surface area contributed by atoms with Gasteiger partial charge in [0.05, 0.1) is 22.8 Å². The van der Waals surface area contributed by atoms with Crippen molar-refractivity contribution in [3.8, 4) is 0 Å². The van der Waals surface area contributed by atoms with E-state index < -0.39 is 11.9 Å². The number of amides is 1. The van der Waals surface area contributed by atoms with Crippen LogP contribution in [-0.4, -0.2) is 39.7 Å². The molecule has 28 heavy (non-hydrogen) atoms. The van der Waals surface area contributed by atoms with Gasteiger partial charge in [-0.1, -0.05) is 29.5 Å². The van der Waals surface area contributed by atoms with Gasteiger partial charge in [0.2, 0.25) is 5.13 Å². The van der Waals surface area contributed by atoms with Gasteiger partial charge in [0, 0.05) is 0 Å². The lowest BCUT2D eigenvalue weighted by molar-refractivity contribution is -0.115. The number of hydrogen-bond acceptors (Lipinski definition) is 8. The molecule has 1 aromatic carbocycles. The van der Waals surface area contributed by atoms with E-state index in [9.17, 15) is 19.5 Å². The topological polar surface area (TPSA) is 118 Å². The average Bonchev–Trinajstić information content (AvgIpc) is 3.18. The Bertz CT molecular complexity index is 1030. The van der Waals surface area contributed by atoms with E-state index in [0.717, 1.165) is 23.1 Å². The van der Waals surface area contributed by atoms with Crippen molar-refractivity contribution in [3.05, 3.63) is 50.9 Å². The van der Waals surface area contributed by atoms with Crippen LogP contribution < -0.4 is 5.32 Å². The molecule has 0 aliphatic carbocycles. The molecule has 144 valence electrons. The maximum atomic E-state index is 12.2. The highest BCUT2D eigenvalue weighted by Gasteiger charge is 2.25. The van der Waals surface area contributed by atoms with E-state index in [1.165, 1.54) is 12.1 Å². The number of thioether (sulfide) groups is 1. The molecule has 0 unspecified atom stereocenters. The van der Waals surface area contributed by atoms with Crippen LogP contribution in [0.4, 0.5) is 5.13 Å². The molecule has 1 aliphatic rings. The number of aromatic carboxylic acids is 1. The number of carboxylic acid groups (broad SMARTS) is 1. The summed E-state index contributed by atoms with van der Waals surface area (Å²) in [4.78, 5) is 44.6. The Hall–Kier alpha value is -2.98. The number of amidine groups is 1. The van der Waals surface area contributed by atoms with E-state index in [4.69, 9.17) is 4.74 Å². The maximum Gasteiger partial charge on any atom is 0.350 e. The number of aliphatic imine (C=N–C) groups is 1. The zero-order valence-electron chi connectivity index (χ0n) is 14.9. The van der Waals surface area contributed by atoms with E-state index in [1.54, 1.807) is 32.0 Å². The molecule has 1 fully saturated rings. The van der Waals surface area contributed by atoms with Crippen LogP contribution in [0.2, 0.25) is 0 Å². The minimum Gasteiger partial charge on any atom is -0.478 e. The molecule has 2 aromatic rings. The van der Waals surface area contributed by atoms with Crippen molar-refractivity contribution in [2.24, 2.45) is 4.99 Å². The third-order valence-corrected chi connectivity index (χ3v) is 5.51. The minimum absolute atomic E-state index is 0.100. The predicted octanol–water partition coefficient (Wildman–Crippen LogP) is 3.22. The zero-order chi connectivity index (χ0) is 20.3. The van der Waals surface area contributed by atoms with Crippen molar-refractivity contribution in [2.45, 2.75) is 13.8 Å². The van der Waals surface area contributed by atoms with Crippen LogP contribution in [0.5, 0.6) is 0 Å². The number of carbonyl (C=O) groups excluding carboxylic acids is 2. The fraction of sp³-hybridized carbons (Fsp3) is 0.167. The summed E-state index contributed by atoms with van der Waals surface area (Å²) in [7, 11) is 0. The number of rotatable bonds is 5. The molecule has 1 amide bonds. The second kappa shape index (κ2) is 8.36. The molecular formula is C18H15N3O5S2. The minimum atomic E-state index is -1.07. The van der Waals surface area contributed by atoms with E-state index in [0.29, 0.717) is 31.3 Å². The lowest BCUT2D eigenvalue weighted by Gasteiger charge is -2.00. The largest absolute Gasteiger partial charge is 0.478 e. The van der Waals surface area contributed by atoms with Crippen molar-refractivity contribution in [1.82, 2.24) is 10.3 Å². The molecule has 1 aromatic heterocycles. The number of nitrogens with zero attached hydrogens (tertiary/aromatic N) is 2. The van der Waals surface area contributed by atoms with Gasteiger partial charge >= 0.3 is 11.9 Å². The quantitative estimate of drug-likeness (QED) is 0.566. The molecule has 3 rings (SSSR count). The molecule has 2 N–H and O–H groups in total. The number of ether oxygens (including phenoxy) is 1. The van der Waals surface area contributed by atoms with Crippen molar-refractivity contribution in [2.75, 3.05) is 6.61 Å². The molecule has 0 radical (unpaired) electrons. The molecule has 8 nitrogen and oxygen atoms in total. The van der Waals surface area contributed by atoms with Crippen LogP contribution in [0.1, 0.15) is 38.2 Å². The summed E-state index contributed by atoms with van der Waals surface area (Å²) >= 11 is 2.14. The Kier molecular flexibility index (Phi) is 5.90. The summed E-state index contributed by atoms with van der Waals surface area (Å²) in [5.41, 5.74) is 1.02. The van der Waals surface area contributed by atoms with Gasteiger partial charge in [-0.15, -0.1) is 0 Å². The van der Waals surface area contributed by atoms with Crippen LogP contribution >= 0.6 is 23.1 Å². The fourth-order valence-corrected chi connectivity index (χ4v) is 4.05. The van der Waals surface area contributed by atoms with Crippen LogP contribution in [-0.2, 0) is 9.53 Å². The van der Waals surface area contributed by atoms with Gasteiger partial charge < -0.3 is 15.2 Å². The van der Waals surface area contributed by atoms with Crippen molar-refractivity contribution < 1.29 is 24.2 Å². The van der Waals surface area contributed by atoms with Gasteiger partial charge in [-0.2, -0.15) is 4.99 Å². The first-order valence-electron chi connectivity index (χ1n) is 8.15. The molecule has 0 bridgehead atoms. The highest BCUT2D eigenvalue weighted by atomic mass is 32.2. The summed E-state index contributed by atoms with van der Waals surface area (Å²) in [5.74, 6) is -1.92. The maximum absolute atomic E-state index is 12.2. The Morgan fingerprint density at radius 1 is 1.36 bits per heavy atom. The fourth-order valence-electron chi connectivity index (χ4n) is 2.34. The van der Waals surface area contributed by atoms with Crippen molar-refractivity contribution in [1.29, 1.82) is 0 Å². The van der Waals surface area contributed by atoms with Crippen LogP contribution in [0.15, 0.2) is 34.2 Å². The molecule has 1 aliphatic heterocycles. The molecule has 2 heterocycles. The SMILES string of the molecule is CCOC(=O)c1sc(/N=C2\NC(=O)/C(=C/c3ccccc3C(=O)O)S2)nc1C. The van der Waals surface area contributed by atoms with Gasteiger partial charge in [0.25, 0.3) is 5.91 Å². The smallest absolute Gasteiger partial charge is 0.350 e. The summed E-state index contributed by atoms with van der Waals surface area (Å²) < 4.78 is 4.97. The Balaban J connectivity index is 1.84. The summed E-state index contributed by atoms with van der Waals surface area (Å²) in [5, 5.41) is 12.5. The van der Waals surface area contributed by atoms with Crippen molar-refractivity contribution >= 4 is 57.3 Å². The van der Waals surface area contributed by atoms with Crippen molar-refractivity contribution in [3.63, 3.8) is 0 Å². The molecule has 0 atom stereocenters. The standard InChI is InChI=1S/C18H15N3O5S2/c1-3-26-16(25)13-9(2)19-17(28-13)21-18-20-14(22)12(27-18)8-10-6-4-5-7-11(10)15(23)24/h4-8H,3H2,1-2H3,(H,23,24)(H,19,20,21,22)/b12-8-. The number of aromatic nitrogens is 1. The first-order valence-corrected chi connectivity index (χ1v) is 9.78. The van der Waals surface area contributed by atoms with Gasteiger partial charge in [0.15, 0.2) is 5.17 Å². The van der Waals surface area contributed by atoms with Crippen LogP contribution in [0.25, 0.3) is 6.08 Å². The normalized spacial score (nSPS) is 16.4. The molecule has 0 spiro atoms. The number of thiazole rings is 1. The molecule has 1 saturated heterocycles. The van der Waals surface area contributed by atoms with E-state index in [2.05, 4.69) is 15.3 Å². The third-order valence-electron chi connectivity index (χ3n) is 3.57. The van der Waals surface area contributed by atoms with Gasteiger partial charge in [-0.25, -0.2) is 14.6 Å². The zero-order valence-corrected chi connectivity index (χ0v) is 16.5. The molecule has 10 heteroatoms. The lowest BCUT2D eigenvalue weighted by Crippen LogP contribution is -2.19. The van der Waals surface area contributed by atoms with E-state index in [-0.39, 0.29) is 18.1 Å². The second-order valence-corrected chi connectivity index (χ2v) is 7.51. The summed E-state index contributed by atoms with van der Waals surface area (Å²) in [6.07, 6.45) is 1.50. The van der Waals surface area contributed by atoms with Crippen LogP contribution in [0.3, 0.4) is 0 Å². The Morgan fingerprint density at radius 3 is 2.82 bits per heavy atom.